The van der Waals surface area contributed by atoms with Crippen LogP contribution in [0.25, 0.3) is 10.1 Å². The third-order valence-electron chi connectivity index (χ3n) is 3.83. The maximum absolute atomic E-state index is 13.2. The zero-order chi connectivity index (χ0) is 15.0. The molecular weight excluding hydrogens is 281 g/mol. The summed E-state index contributed by atoms with van der Waals surface area (Å²) in [6.45, 7) is 6.25. The van der Waals surface area contributed by atoms with Crippen molar-refractivity contribution in [2.75, 3.05) is 5.32 Å². The molecule has 0 fully saturated rings. The Bertz CT molecular complexity index is 791. The van der Waals surface area contributed by atoms with Crippen molar-refractivity contribution in [2.45, 2.75) is 26.8 Å². The first kappa shape index (κ1) is 14.1. The molecule has 2 aromatic carbocycles. The largest absolute Gasteiger partial charge is 0.377 e. The first-order valence-corrected chi connectivity index (χ1v) is 7.88. The molecule has 21 heavy (non-hydrogen) atoms. The maximum atomic E-state index is 13.2. The van der Waals surface area contributed by atoms with E-state index in [9.17, 15) is 4.39 Å². The molecule has 0 amide bonds. The summed E-state index contributed by atoms with van der Waals surface area (Å²) in [5, 5.41) is 4.82. The van der Waals surface area contributed by atoms with Crippen molar-refractivity contribution in [1.29, 1.82) is 0 Å². The van der Waals surface area contributed by atoms with Crippen molar-refractivity contribution in [1.82, 2.24) is 0 Å². The molecule has 1 atom stereocenters. The molecule has 0 radical (unpaired) electrons. The van der Waals surface area contributed by atoms with Crippen molar-refractivity contribution in [3.63, 3.8) is 0 Å². The molecule has 1 aromatic heterocycles. The van der Waals surface area contributed by atoms with Gasteiger partial charge in [-0.05, 0) is 61.5 Å². The van der Waals surface area contributed by atoms with E-state index < -0.39 is 0 Å². The Kier molecular flexibility index (Phi) is 3.68. The van der Waals surface area contributed by atoms with E-state index in [4.69, 9.17) is 0 Å². The van der Waals surface area contributed by atoms with Crippen LogP contribution < -0.4 is 5.32 Å². The van der Waals surface area contributed by atoms with Crippen LogP contribution >= 0.6 is 11.3 Å². The van der Waals surface area contributed by atoms with Crippen molar-refractivity contribution >= 4 is 27.1 Å². The SMILES string of the molecule is Cc1cc(F)ccc1NC(C)c1sc2ccccc2c1C. The highest BCUT2D eigenvalue weighted by molar-refractivity contribution is 7.19. The topological polar surface area (TPSA) is 12.0 Å². The van der Waals surface area contributed by atoms with Gasteiger partial charge in [-0.15, -0.1) is 11.3 Å². The number of aryl methyl sites for hydroxylation is 2. The van der Waals surface area contributed by atoms with E-state index in [0.29, 0.717) is 0 Å². The van der Waals surface area contributed by atoms with Gasteiger partial charge in [-0.25, -0.2) is 4.39 Å². The number of nitrogens with one attached hydrogen (secondary N) is 1. The molecule has 108 valence electrons. The van der Waals surface area contributed by atoms with Crippen LogP contribution in [0.4, 0.5) is 10.1 Å². The third-order valence-corrected chi connectivity index (χ3v) is 5.29. The number of benzene rings is 2. The fourth-order valence-electron chi connectivity index (χ4n) is 2.69. The van der Waals surface area contributed by atoms with E-state index in [-0.39, 0.29) is 11.9 Å². The molecule has 1 nitrogen and oxygen atoms in total. The van der Waals surface area contributed by atoms with E-state index in [1.807, 2.05) is 24.3 Å². The van der Waals surface area contributed by atoms with Crippen molar-refractivity contribution < 1.29 is 4.39 Å². The first-order valence-electron chi connectivity index (χ1n) is 7.07. The average Bonchev–Trinajstić information content (AvgIpc) is 2.80. The summed E-state index contributed by atoms with van der Waals surface area (Å²) in [5.41, 5.74) is 3.25. The van der Waals surface area contributed by atoms with Crippen LogP contribution in [0.15, 0.2) is 42.5 Å². The first-order chi connectivity index (χ1) is 10.1. The quantitative estimate of drug-likeness (QED) is 0.641. The van der Waals surface area contributed by atoms with Crippen molar-refractivity contribution in [3.05, 3.63) is 64.3 Å². The molecular formula is C18H18FNS. The van der Waals surface area contributed by atoms with Gasteiger partial charge in [-0.2, -0.15) is 0 Å². The molecule has 0 bridgehead atoms. The molecule has 0 saturated heterocycles. The number of fused-ring (bicyclic) bond motifs is 1. The van der Waals surface area contributed by atoms with E-state index >= 15 is 0 Å². The summed E-state index contributed by atoms with van der Waals surface area (Å²) < 4.78 is 14.5. The van der Waals surface area contributed by atoms with Crippen LogP contribution in [0.1, 0.15) is 29.0 Å². The molecule has 3 rings (SSSR count). The molecule has 1 unspecified atom stereocenters. The molecule has 0 aliphatic carbocycles. The van der Waals surface area contributed by atoms with E-state index in [1.54, 1.807) is 6.07 Å². The van der Waals surface area contributed by atoms with Crippen LogP contribution in [0.3, 0.4) is 0 Å². The number of hydrogen-bond donors (Lipinski definition) is 1. The Hall–Kier alpha value is -1.87. The fraction of sp³-hybridized carbons (Fsp3) is 0.222. The van der Waals surface area contributed by atoms with Gasteiger partial charge in [-0.3, -0.25) is 0 Å². The molecule has 1 N–H and O–H groups in total. The minimum absolute atomic E-state index is 0.191. The molecule has 0 saturated carbocycles. The van der Waals surface area contributed by atoms with Crippen LogP contribution in [-0.4, -0.2) is 0 Å². The minimum atomic E-state index is -0.191. The highest BCUT2D eigenvalue weighted by Crippen LogP contribution is 2.36. The number of hydrogen-bond acceptors (Lipinski definition) is 2. The summed E-state index contributed by atoms with van der Waals surface area (Å²) in [5.74, 6) is -0.191. The lowest BCUT2D eigenvalue weighted by atomic mass is 10.1. The second-order valence-corrected chi connectivity index (χ2v) is 6.50. The fourth-order valence-corrected chi connectivity index (χ4v) is 3.91. The smallest absolute Gasteiger partial charge is 0.123 e. The van der Waals surface area contributed by atoms with E-state index in [0.717, 1.165) is 11.3 Å². The standard InChI is InChI=1S/C18H18FNS/c1-11-10-14(19)8-9-16(11)20-13(3)18-12(2)15-6-4-5-7-17(15)21-18/h4-10,13,20H,1-3H3. The number of halogens is 1. The summed E-state index contributed by atoms with van der Waals surface area (Å²) >= 11 is 1.82. The highest BCUT2D eigenvalue weighted by atomic mass is 32.1. The Morgan fingerprint density at radius 1 is 1.10 bits per heavy atom. The van der Waals surface area contributed by atoms with E-state index in [2.05, 4.69) is 43.4 Å². The molecule has 0 aliphatic rings. The summed E-state index contributed by atoms with van der Waals surface area (Å²) in [6, 6.07) is 13.5. The van der Waals surface area contributed by atoms with Gasteiger partial charge >= 0.3 is 0 Å². The summed E-state index contributed by atoms with van der Waals surface area (Å²) in [4.78, 5) is 1.33. The lowest BCUT2D eigenvalue weighted by molar-refractivity contribution is 0.626. The number of rotatable bonds is 3. The normalized spacial score (nSPS) is 12.6. The second-order valence-electron chi connectivity index (χ2n) is 5.41. The van der Waals surface area contributed by atoms with Gasteiger partial charge in [0.05, 0.1) is 6.04 Å². The Morgan fingerprint density at radius 2 is 1.86 bits per heavy atom. The number of anilines is 1. The van der Waals surface area contributed by atoms with Gasteiger partial charge in [0.25, 0.3) is 0 Å². The summed E-state index contributed by atoms with van der Waals surface area (Å²) in [6.07, 6.45) is 0. The average molecular weight is 299 g/mol. The Morgan fingerprint density at radius 3 is 2.57 bits per heavy atom. The highest BCUT2D eigenvalue weighted by Gasteiger charge is 2.15. The lowest BCUT2D eigenvalue weighted by Crippen LogP contribution is -2.07. The van der Waals surface area contributed by atoms with Gasteiger partial charge in [0.2, 0.25) is 0 Å². The van der Waals surface area contributed by atoms with Gasteiger partial charge < -0.3 is 5.32 Å². The molecule has 0 spiro atoms. The van der Waals surface area contributed by atoms with Gasteiger partial charge in [0, 0.05) is 15.3 Å². The number of thiophene rings is 1. The Labute approximate surface area is 128 Å². The van der Waals surface area contributed by atoms with Crippen LogP contribution in [-0.2, 0) is 0 Å². The molecule has 3 aromatic rings. The molecule has 1 heterocycles. The van der Waals surface area contributed by atoms with Crippen molar-refractivity contribution in [3.8, 4) is 0 Å². The second kappa shape index (κ2) is 5.49. The van der Waals surface area contributed by atoms with Crippen LogP contribution in [0.2, 0.25) is 0 Å². The van der Waals surface area contributed by atoms with Crippen LogP contribution in [0, 0.1) is 19.7 Å². The van der Waals surface area contributed by atoms with E-state index in [1.165, 1.54) is 26.6 Å². The lowest BCUT2D eigenvalue weighted by Gasteiger charge is -2.17. The molecule has 0 aliphatic heterocycles. The van der Waals surface area contributed by atoms with Gasteiger partial charge in [0.1, 0.15) is 5.82 Å². The maximum Gasteiger partial charge on any atom is 0.123 e. The van der Waals surface area contributed by atoms with Crippen LogP contribution in [0.5, 0.6) is 0 Å². The predicted octanol–water partition coefficient (Wildman–Crippen LogP) is 5.83. The predicted molar refractivity (Wildman–Crippen MR) is 89.7 cm³/mol. The van der Waals surface area contributed by atoms with Gasteiger partial charge in [0.15, 0.2) is 0 Å². The third kappa shape index (κ3) is 2.66. The minimum Gasteiger partial charge on any atom is -0.377 e. The monoisotopic (exact) mass is 299 g/mol. The zero-order valence-electron chi connectivity index (χ0n) is 12.4. The Balaban J connectivity index is 1.93. The van der Waals surface area contributed by atoms with Crippen molar-refractivity contribution in [2.24, 2.45) is 0 Å². The molecule has 3 heteroatoms. The summed E-state index contributed by atoms with van der Waals surface area (Å²) in [7, 11) is 0. The zero-order valence-corrected chi connectivity index (χ0v) is 13.2. The van der Waals surface area contributed by atoms with Gasteiger partial charge in [-0.1, -0.05) is 18.2 Å².